The second kappa shape index (κ2) is 7.68. The van der Waals surface area contributed by atoms with Gasteiger partial charge in [-0.25, -0.2) is 9.78 Å². The molecule has 0 fully saturated rings. The number of carbonyl (C=O) groups excluding carboxylic acids is 2. The molecular weight excluding hydrogens is 334 g/mol. The van der Waals surface area contributed by atoms with Crippen LogP contribution in [0.4, 0.5) is 0 Å². The zero-order valence-corrected chi connectivity index (χ0v) is 15.1. The highest BCUT2D eigenvalue weighted by Gasteiger charge is 2.20. The van der Waals surface area contributed by atoms with Crippen LogP contribution in [0.1, 0.15) is 49.3 Å². The number of ether oxygens (including phenoxy) is 1. The zero-order valence-electron chi connectivity index (χ0n) is 15.1. The van der Waals surface area contributed by atoms with Crippen molar-refractivity contribution >= 4 is 22.8 Å². The highest BCUT2D eigenvalue weighted by molar-refractivity contribution is 5.95. The van der Waals surface area contributed by atoms with Crippen LogP contribution in [0.3, 0.4) is 0 Å². The molecular formula is C19H23N3O4. The lowest BCUT2D eigenvalue weighted by atomic mass is 10.1. The Balaban J connectivity index is 1.90. The number of amides is 1. The fourth-order valence-corrected chi connectivity index (χ4v) is 3.15. The average molecular weight is 357 g/mol. The maximum atomic E-state index is 12.7. The monoisotopic (exact) mass is 357 g/mol. The molecule has 0 unspecified atom stereocenters. The Bertz CT molecular complexity index is 904. The molecule has 1 atom stereocenters. The summed E-state index contributed by atoms with van der Waals surface area (Å²) < 4.78 is 6.94. The van der Waals surface area contributed by atoms with Crippen molar-refractivity contribution in [3.05, 3.63) is 39.9 Å². The molecule has 2 heterocycles. The van der Waals surface area contributed by atoms with Crippen LogP contribution in [0.5, 0.6) is 0 Å². The third-order valence-electron chi connectivity index (χ3n) is 4.56. The second-order valence-electron chi connectivity index (χ2n) is 6.47. The van der Waals surface area contributed by atoms with E-state index in [1.807, 2.05) is 0 Å². The number of esters is 1. The van der Waals surface area contributed by atoms with Gasteiger partial charge >= 0.3 is 5.97 Å². The summed E-state index contributed by atoms with van der Waals surface area (Å²) in [6, 6.07) is 4.72. The maximum Gasteiger partial charge on any atom is 0.338 e. The first kappa shape index (κ1) is 18.1. The van der Waals surface area contributed by atoms with E-state index in [-0.39, 0.29) is 17.0 Å². The van der Waals surface area contributed by atoms with Crippen molar-refractivity contribution in [2.24, 2.45) is 0 Å². The van der Waals surface area contributed by atoms with E-state index >= 15 is 0 Å². The minimum absolute atomic E-state index is 0.0671. The van der Waals surface area contributed by atoms with Crippen molar-refractivity contribution < 1.29 is 14.3 Å². The molecule has 7 nitrogen and oxygen atoms in total. The number of hydrogen-bond donors (Lipinski definition) is 1. The lowest BCUT2D eigenvalue weighted by Gasteiger charge is -2.13. The van der Waals surface area contributed by atoms with Gasteiger partial charge in [-0.2, -0.15) is 0 Å². The minimum Gasteiger partial charge on any atom is -0.449 e. The van der Waals surface area contributed by atoms with Gasteiger partial charge in [0.25, 0.3) is 11.5 Å². The standard InChI is InChI=1S/C19H23N3O4/c1-3-20-17(23)12(2)26-19(25)13-8-9-14-15(11-13)21-16-7-5-4-6-10-22(16)18(14)24/h8-9,11-12H,3-7,10H2,1-2H3,(H,20,23)/t12-/m0/s1. The smallest absolute Gasteiger partial charge is 0.338 e. The largest absolute Gasteiger partial charge is 0.449 e. The molecule has 26 heavy (non-hydrogen) atoms. The normalized spacial score (nSPS) is 15.0. The number of carbonyl (C=O) groups is 2. The maximum absolute atomic E-state index is 12.7. The van der Waals surface area contributed by atoms with Crippen LogP contribution in [0.25, 0.3) is 10.9 Å². The number of rotatable bonds is 4. The van der Waals surface area contributed by atoms with Crippen molar-refractivity contribution in [1.82, 2.24) is 14.9 Å². The topological polar surface area (TPSA) is 90.3 Å². The van der Waals surface area contributed by atoms with Crippen molar-refractivity contribution in [3.63, 3.8) is 0 Å². The van der Waals surface area contributed by atoms with Gasteiger partial charge in [-0.15, -0.1) is 0 Å². The van der Waals surface area contributed by atoms with Gasteiger partial charge < -0.3 is 10.1 Å². The Morgan fingerprint density at radius 1 is 1.31 bits per heavy atom. The first-order valence-corrected chi connectivity index (χ1v) is 9.03. The summed E-state index contributed by atoms with van der Waals surface area (Å²) in [5, 5.41) is 3.10. The van der Waals surface area contributed by atoms with Crippen molar-refractivity contribution in [2.75, 3.05) is 6.54 Å². The molecule has 1 aliphatic heterocycles. The summed E-state index contributed by atoms with van der Waals surface area (Å²) in [6.45, 7) is 4.47. The molecule has 138 valence electrons. The Labute approximate surface area is 151 Å². The number of hydrogen-bond acceptors (Lipinski definition) is 5. The summed E-state index contributed by atoms with van der Waals surface area (Å²) in [6.07, 6.45) is 2.93. The van der Waals surface area contributed by atoms with Crippen LogP contribution < -0.4 is 10.9 Å². The predicted molar refractivity (Wildman–Crippen MR) is 97.1 cm³/mol. The number of nitrogens with one attached hydrogen (secondary N) is 1. The van der Waals surface area contributed by atoms with E-state index in [4.69, 9.17) is 4.74 Å². The molecule has 0 saturated heterocycles. The van der Waals surface area contributed by atoms with Crippen LogP contribution in [-0.4, -0.2) is 34.1 Å². The molecule has 7 heteroatoms. The zero-order chi connectivity index (χ0) is 18.7. The van der Waals surface area contributed by atoms with Crippen LogP contribution in [0.2, 0.25) is 0 Å². The fourth-order valence-electron chi connectivity index (χ4n) is 3.15. The van der Waals surface area contributed by atoms with Gasteiger partial charge in [-0.3, -0.25) is 14.2 Å². The summed E-state index contributed by atoms with van der Waals surface area (Å²) >= 11 is 0. The summed E-state index contributed by atoms with van der Waals surface area (Å²) in [4.78, 5) is 41.3. The first-order valence-electron chi connectivity index (χ1n) is 9.03. The predicted octanol–water partition coefficient (Wildman–Crippen LogP) is 1.80. The molecule has 1 N–H and O–H groups in total. The number of aromatic nitrogens is 2. The number of benzene rings is 1. The third kappa shape index (κ3) is 3.61. The number of aryl methyl sites for hydroxylation is 1. The summed E-state index contributed by atoms with van der Waals surface area (Å²) in [5.74, 6) is -0.188. The van der Waals surface area contributed by atoms with Gasteiger partial charge in [0.15, 0.2) is 6.10 Å². The van der Waals surface area contributed by atoms with Crippen LogP contribution in [0.15, 0.2) is 23.0 Å². The van der Waals surface area contributed by atoms with E-state index in [1.165, 1.54) is 6.92 Å². The van der Waals surface area contributed by atoms with Crippen molar-refractivity contribution in [2.45, 2.75) is 52.2 Å². The Morgan fingerprint density at radius 3 is 2.88 bits per heavy atom. The lowest BCUT2D eigenvalue weighted by Crippen LogP contribution is -2.35. The van der Waals surface area contributed by atoms with Crippen LogP contribution >= 0.6 is 0 Å². The van der Waals surface area contributed by atoms with Crippen molar-refractivity contribution in [1.29, 1.82) is 0 Å². The Kier molecular flexibility index (Phi) is 5.35. The average Bonchev–Trinajstić information content (AvgIpc) is 2.87. The molecule has 0 bridgehead atoms. The van der Waals surface area contributed by atoms with Crippen molar-refractivity contribution in [3.8, 4) is 0 Å². The van der Waals surface area contributed by atoms with E-state index in [9.17, 15) is 14.4 Å². The third-order valence-corrected chi connectivity index (χ3v) is 4.56. The molecule has 0 spiro atoms. The Hall–Kier alpha value is -2.70. The Morgan fingerprint density at radius 2 is 2.12 bits per heavy atom. The van der Waals surface area contributed by atoms with E-state index in [0.717, 1.165) is 31.5 Å². The van der Waals surface area contributed by atoms with E-state index in [1.54, 1.807) is 29.7 Å². The first-order chi connectivity index (χ1) is 12.5. The van der Waals surface area contributed by atoms with E-state index < -0.39 is 12.1 Å². The number of likely N-dealkylation sites (N-methyl/N-ethyl adjacent to an activating group) is 1. The van der Waals surface area contributed by atoms with Gasteiger partial charge in [-0.1, -0.05) is 6.42 Å². The second-order valence-corrected chi connectivity index (χ2v) is 6.47. The quantitative estimate of drug-likeness (QED) is 0.843. The van der Waals surface area contributed by atoms with Gasteiger partial charge in [0.05, 0.1) is 16.5 Å². The molecule has 0 saturated carbocycles. The molecule has 0 radical (unpaired) electrons. The number of nitrogens with zero attached hydrogens (tertiary/aromatic N) is 2. The van der Waals surface area contributed by atoms with Gasteiger partial charge in [0, 0.05) is 19.5 Å². The number of fused-ring (bicyclic) bond motifs is 2. The molecule has 1 amide bonds. The van der Waals surface area contributed by atoms with Crippen LogP contribution in [0, 0.1) is 0 Å². The van der Waals surface area contributed by atoms with Crippen LogP contribution in [-0.2, 0) is 22.5 Å². The SMILES string of the molecule is CCNC(=O)[C@H](C)OC(=O)c1ccc2c(=O)n3c(nc2c1)CCCCC3. The van der Waals surface area contributed by atoms with Gasteiger partial charge in [0.1, 0.15) is 5.82 Å². The fraction of sp³-hybridized carbons (Fsp3) is 0.474. The molecule has 0 aliphatic carbocycles. The highest BCUT2D eigenvalue weighted by Crippen LogP contribution is 2.17. The lowest BCUT2D eigenvalue weighted by molar-refractivity contribution is -0.128. The molecule has 3 rings (SSSR count). The van der Waals surface area contributed by atoms with E-state index in [2.05, 4.69) is 10.3 Å². The molecule has 1 aliphatic rings. The molecule has 2 aromatic rings. The molecule has 1 aromatic heterocycles. The summed E-state index contributed by atoms with van der Waals surface area (Å²) in [7, 11) is 0. The summed E-state index contributed by atoms with van der Waals surface area (Å²) in [5.41, 5.74) is 0.699. The highest BCUT2D eigenvalue weighted by atomic mass is 16.5. The van der Waals surface area contributed by atoms with Gasteiger partial charge in [-0.05, 0) is 44.9 Å². The van der Waals surface area contributed by atoms with Gasteiger partial charge in [0.2, 0.25) is 0 Å². The van der Waals surface area contributed by atoms with E-state index in [0.29, 0.717) is 24.0 Å². The minimum atomic E-state index is -0.885. The molecule has 1 aromatic carbocycles.